The Bertz CT molecular complexity index is 1240. The van der Waals surface area contributed by atoms with Crippen molar-refractivity contribution in [2.45, 2.75) is 18.9 Å². The highest BCUT2D eigenvalue weighted by Crippen LogP contribution is 2.36. The highest BCUT2D eigenvalue weighted by molar-refractivity contribution is 6.10. The fourth-order valence-electron chi connectivity index (χ4n) is 3.95. The summed E-state index contributed by atoms with van der Waals surface area (Å²) in [6, 6.07) is 18.7. The molecule has 1 amide bonds. The number of anilines is 1. The predicted octanol–water partition coefficient (Wildman–Crippen LogP) is 5.40. The summed E-state index contributed by atoms with van der Waals surface area (Å²) in [5, 5.41) is 4.88. The topological polar surface area (TPSA) is 69.9 Å². The average molecular weight is 417 g/mol. The number of rotatable bonds is 6. The number of benzene rings is 3. The van der Waals surface area contributed by atoms with Crippen LogP contribution >= 0.6 is 0 Å². The maximum Gasteiger partial charge on any atom is 0.259 e. The first-order chi connectivity index (χ1) is 15.2. The summed E-state index contributed by atoms with van der Waals surface area (Å²) in [5.74, 6) is 0.807. The van der Waals surface area contributed by atoms with Gasteiger partial charge in [-0.2, -0.15) is 0 Å². The van der Waals surface area contributed by atoms with Gasteiger partial charge in [-0.25, -0.2) is 0 Å². The van der Waals surface area contributed by atoms with Gasteiger partial charge in [0.1, 0.15) is 29.3 Å². The molecule has 1 atom stereocenters. The molecular weight excluding hydrogens is 394 g/mol. The number of furan rings is 1. The summed E-state index contributed by atoms with van der Waals surface area (Å²) in [5.41, 5.74) is 2.45. The second kappa shape index (κ2) is 8.32. The maximum absolute atomic E-state index is 13.1. The normalized spacial score (nSPS) is 16.0. The van der Waals surface area contributed by atoms with Crippen molar-refractivity contribution in [2.24, 2.45) is 0 Å². The second-order valence-corrected chi connectivity index (χ2v) is 7.54. The van der Waals surface area contributed by atoms with Gasteiger partial charge in [-0.1, -0.05) is 30.3 Å². The molecule has 0 spiro atoms. The highest BCUT2D eigenvalue weighted by atomic mass is 16.5. The van der Waals surface area contributed by atoms with Crippen LogP contribution in [0.15, 0.2) is 65.1 Å². The van der Waals surface area contributed by atoms with Crippen LogP contribution < -0.4 is 14.8 Å². The number of para-hydroxylation sites is 2. The van der Waals surface area contributed by atoms with E-state index in [0.717, 1.165) is 35.8 Å². The number of carbonyl (C=O) groups is 1. The molecule has 0 unspecified atom stereocenters. The molecule has 1 saturated heterocycles. The van der Waals surface area contributed by atoms with Crippen LogP contribution in [0.2, 0.25) is 0 Å². The number of nitrogens with one attached hydrogen (secondary N) is 1. The number of amides is 1. The van der Waals surface area contributed by atoms with Crippen LogP contribution in [-0.2, 0) is 4.74 Å². The SMILES string of the molecule is COc1cc2c(cc1NC(=O)c1ccccc1OC[C@H]1CCCO1)oc1ccccc12. The zero-order chi connectivity index (χ0) is 21.2. The lowest BCUT2D eigenvalue weighted by Crippen LogP contribution is -2.19. The van der Waals surface area contributed by atoms with Crippen LogP contribution in [0, 0.1) is 0 Å². The van der Waals surface area contributed by atoms with Gasteiger partial charge in [0.05, 0.1) is 24.5 Å². The molecule has 0 bridgehead atoms. The van der Waals surface area contributed by atoms with E-state index in [1.165, 1.54) is 0 Å². The number of hydrogen-bond acceptors (Lipinski definition) is 5. The average Bonchev–Trinajstić information content (AvgIpc) is 3.44. The summed E-state index contributed by atoms with van der Waals surface area (Å²) in [6.07, 6.45) is 2.09. The van der Waals surface area contributed by atoms with E-state index in [0.29, 0.717) is 34.9 Å². The molecule has 4 aromatic rings. The second-order valence-electron chi connectivity index (χ2n) is 7.54. The zero-order valence-electron chi connectivity index (χ0n) is 17.2. The van der Waals surface area contributed by atoms with E-state index < -0.39 is 0 Å². The first-order valence-corrected chi connectivity index (χ1v) is 10.4. The molecule has 1 N–H and O–H groups in total. The zero-order valence-corrected chi connectivity index (χ0v) is 17.2. The van der Waals surface area contributed by atoms with E-state index in [1.54, 1.807) is 25.3 Å². The van der Waals surface area contributed by atoms with Crippen molar-refractivity contribution in [1.82, 2.24) is 0 Å². The molecule has 0 radical (unpaired) electrons. The standard InChI is InChI=1S/C25H23NO5/c1-28-24-13-19-17-8-2-5-11-22(17)31-23(19)14-20(24)26-25(27)18-9-3-4-10-21(18)30-15-16-7-6-12-29-16/h2-5,8-11,13-14,16H,6-7,12,15H2,1H3,(H,26,27)/t16-/m1/s1. The van der Waals surface area contributed by atoms with Gasteiger partial charge in [-0.3, -0.25) is 4.79 Å². The van der Waals surface area contributed by atoms with Crippen molar-refractivity contribution in [3.63, 3.8) is 0 Å². The minimum Gasteiger partial charge on any atom is -0.495 e. The number of carbonyl (C=O) groups excluding carboxylic acids is 1. The van der Waals surface area contributed by atoms with Crippen molar-refractivity contribution >= 4 is 33.5 Å². The van der Waals surface area contributed by atoms with Gasteiger partial charge < -0.3 is 23.9 Å². The van der Waals surface area contributed by atoms with Crippen molar-refractivity contribution in [3.05, 3.63) is 66.2 Å². The highest BCUT2D eigenvalue weighted by Gasteiger charge is 2.20. The van der Waals surface area contributed by atoms with Gasteiger partial charge >= 0.3 is 0 Å². The Morgan fingerprint density at radius 3 is 2.71 bits per heavy atom. The molecule has 31 heavy (non-hydrogen) atoms. The van der Waals surface area contributed by atoms with Gasteiger partial charge in [0.15, 0.2) is 0 Å². The largest absolute Gasteiger partial charge is 0.495 e. The minimum atomic E-state index is -0.281. The van der Waals surface area contributed by atoms with E-state index in [4.69, 9.17) is 18.6 Å². The van der Waals surface area contributed by atoms with Crippen LogP contribution in [-0.4, -0.2) is 32.3 Å². The first kappa shape index (κ1) is 19.5. The van der Waals surface area contributed by atoms with E-state index in [2.05, 4.69) is 5.32 Å². The summed E-state index contributed by atoms with van der Waals surface area (Å²) >= 11 is 0. The van der Waals surface area contributed by atoms with Gasteiger partial charge in [0.25, 0.3) is 5.91 Å². The molecule has 1 aromatic heterocycles. The number of hydrogen-bond donors (Lipinski definition) is 1. The quantitative estimate of drug-likeness (QED) is 0.455. The molecule has 3 aromatic carbocycles. The minimum absolute atomic E-state index is 0.0757. The molecule has 0 aliphatic carbocycles. The van der Waals surface area contributed by atoms with Gasteiger partial charge in [-0.05, 0) is 37.1 Å². The van der Waals surface area contributed by atoms with Crippen molar-refractivity contribution in [2.75, 3.05) is 25.6 Å². The van der Waals surface area contributed by atoms with Gasteiger partial charge in [-0.15, -0.1) is 0 Å². The van der Waals surface area contributed by atoms with Crippen molar-refractivity contribution in [3.8, 4) is 11.5 Å². The third-order valence-electron chi connectivity index (χ3n) is 5.53. The van der Waals surface area contributed by atoms with Crippen LogP contribution in [0.1, 0.15) is 23.2 Å². The van der Waals surface area contributed by atoms with E-state index in [9.17, 15) is 4.79 Å². The lowest BCUT2D eigenvalue weighted by Gasteiger charge is -2.15. The Balaban J connectivity index is 1.43. The summed E-state index contributed by atoms with van der Waals surface area (Å²) < 4.78 is 23.0. The predicted molar refractivity (Wildman–Crippen MR) is 119 cm³/mol. The maximum atomic E-state index is 13.1. The summed E-state index contributed by atoms with van der Waals surface area (Å²) in [4.78, 5) is 13.1. The lowest BCUT2D eigenvalue weighted by molar-refractivity contribution is 0.0673. The third-order valence-corrected chi connectivity index (χ3v) is 5.53. The Morgan fingerprint density at radius 2 is 1.87 bits per heavy atom. The Kier molecular flexibility index (Phi) is 5.22. The van der Waals surface area contributed by atoms with Gasteiger partial charge in [0, 0.05) is 23.4 Å². The van der Waals surface area contributed by atoms with E-state index in [1.807, 2.05) is 42.5 Å². The van der Waals surface area contributed by atoms with E-state index in [-0.39, 0.29) is 12.0 Å². The number of fused-ring (bicyclic) bond motifs is 3. The molecule has 2 heterocycles. The fourth-order valence-corrected chi connectivity index (χ4v) is 3.95. The molecule has 6 nitrogen and oxygen atoms in total. The van der Waals surface area contributed by atoms with Crippen LogP contribution in [0.3, 0.4) is 0 Å². The number of methoxy groups -OCH3 is 1. The molecule has 1 aliphatic rings. The monoisotopic (exact) mass is 417 g/mol. The molecular formula is C25H23NO5. The van der Waals surface area contributed by atoms with E-state index >= 15 is 0 Å². The number of ether oxygens (including phenoxy) is 3. The molecule has 1 fully saturated rings. The molecule has 158 valence electrons. The third kappa shape index (κ3) is 3.82. The molecule has 0 saturated carbocycles. The Labute approximate surface area is 179 Å². The smallest absolute Gasteiger partial charge is 0.259 e. The van der Waals surface area contributed by atoms with Gasteiger partial charge in [0.2, 0.25) is 0 Å². The Hall–Kier alpha value is -3.51. The van der Waals surface area contributed by atoms with Crippen molar-refractivity contribution in [1.29, 1.82) is 0 Å². The Morgan fingerprint density at radius 1 is 1.03 bits per heavy atom. The van der Waals surface area contributed by atoms with Crippen LogP contribution in [0.5, 0.6) is 11.5 Å². The van der Waals surface area contributed by atoms with Crippen molar-refractivity contribution < 1.29 is 23.4 Å². The lowest BCUT2D eigenvalue weighted by atomic mass is 10.1. The fraction of sp³-hybridized carbons (Fsp3) is 0.240. The van der Waals surface area contributed by atoms with Crippen LogP contribution in [0.4, 0.5) is 5.69 Å². The summed E-state index contributed by atoms with van der Waals surface area (Å²) in [7, 11) is 1.58. The van der Waals surface area contributed by atoms with Crippen LogP contribution in [0.25, 0.3) is 21.9 Å². The molecule has 5 rings (SSSR count). The molecule has 1 aliphatic heterocycles. The molecule has 6 heteroatoms. The first-order valence-electron chi connectivity index (χ1n) is 10.4. The summed E-state index contributed by atoms with van der Waals surface area (Å²) in [6.45, 7) is 1.19.